The third-order valence-electron chi connectivity index (χ3n) is 4.99. The SMILES string of the molecule is COc1ccc(N(C)C(=O)CCc2ccc(S(=O)(=O)N3CCOCC3)cc2)cc1. The zero-order valence-electron chi connectivity index (χ0n) is 16.7. The molecule has 29 heavy (non-hydrogen) atoms. The van der Waals surface area contributed by atoms with Crippen LogP contribution < -0.4 is 9.64 Å². The summed E-state index contributed by atoms with van der Waals surface area (Å²) in [4.78, 5) is 14.4. The monoisotopic (exact) mass is 418 g/mol. The maximum Gasteiger partial charge on any atom is 0.243 e. The van der Waals surface area contributed by atoms with Gasteiger partial charge in [-0.25, -0.2) is 8.42 Å². The summed E-state index contributed by atoms with van der Waals surface area (Å²) in [6.07, 6.45) is 0.870. The molecule has 0 spiro atoms. The highest BCUT2D eigenvalue weighted by Crippen LogP contribution is 2.20. The van der Waals surface area contributed by atoms with Crippen LogP contribution in [0.1, 0.15) is 12.0 Å². The van der Waals surface area contributed by atoms with Gasteiger partial charge in [0.1, 0.15) is 5.75 Å². The molecule has 2 aromatic carbocycles. The molecule has 0 bridgehead atoms. The van der Waals surface area contributed by atoms with Crippen LogP contribution in [0.3, 0.4) is 0 Å². The van der Waals surface area contributed by atoms with Gasteiger partial charge in [-0.2, -0.15) is 4.31 Å². The summed E-state index contributed by atoms with van der Waals surface area (Å²) in [7, 11) is -0.161. The molecule has 1 fully saturated rings. The molecule has 0 unspecified atom stereocenters. The van der Waals surface area contributed by atoms with Crippen molar-refractivity contribution in [3.63, 3.8) is 0 Å². The first-order valence-electron chi connectivity index (χ1n) is 9.49. The van der Waals surface area contributed by atoms with Gasteiger partial charge >= 0.3 is 0 Å². The van der Waals surface area contributed by atoms with Crippen LogP contribution in [-0.2, 0) is 26.0 Å². The van der Waals surface area contributed by atoms with Crippen LogP contribution in [0.5, 0.6) is 5.75 Å². The molecule has 1 aliphatic rings. The first kappa shape index (κ1) is 21.3. The summed E-state index contributed by atoms with van der Waals surface area (Å²) in [6.45, 7) is 1.58. The van der Waals surface area contributed by atoms with Gasteiger partial charge in [0, 0.05) is 32.2 Å². The van der Waals surface area contributed by atoms with Crippen LogP contribution >= 0.6 is 0 Å². The lowest BCUT2D eigenvalue weighted by molar-refractivity contribution is -0.118. The maximum atomic E-state index is 12.7. The van der Waals surface area contributed by atoms with Crippen LogP contribution in [0, 0.1) is 0 Å². The lowest BCUT2D eigenvalue weighted by atomic mass is 10.1. The Morgan fingerprint density at radius 3 is 2.28 bits per heavy atom. The van der Waals surface area contributed by atoms with Crippen LogP contribution in [-0.4, -0.2) is 59.1 Å². The van der Waals surface area contributed by atoms with E-state index in [0.29, 0.717) is 39.1 Å². The first-order chi connectivity index (χ1) is 13.9. The number of rotatable bonds is 7. The molecular weight excluding hydrogens is 392 g/mol. The number of aryl methyl sites for hydroxylation is 1. The number of benzene rings is 2. The summed E-state index contributed by atoms with van der Waals surface area (Å²) in [5, 5.41) is 0. The molecular formula is C21H26N2O5S. The lowest BCUT2D eigenvalue weighted by Gasteiger charge is -2.26. The van der Waals surface area contributed by atoms with Gasteiger partial charge in [0.15, 0.2) is 0 Å². The topological polar surface area (TPSA) is 76.2 Å². The number of carbonyl (C=O) groups is 1. The molecule has 0 atom stereocenters. The summed E-state index contributed by atoms with van der Waals surface area (Å²) >= 11 is 0. The zero-order chi connectivity index (χ0) is 20.9. The van der Waals surface area contributed by atoms with Crippen molar-refractivity contribution in [3.8, 4) is 5.75 Å². The minimum Gasteiger partial charge on any atom is -0.497 e. The molecule has 7 nitrogen and oxygen atoms in total. The summed E-state index contributed by atoms with van der Waals surface area (Å²) in [6, 6.07) is 14.1. The van der Waals surface area contributed by atoms with Gasteiger partial charge in [0.2, 0.25) is 15.9 Å². The van der Waals surface area contributed by atoms with Crippen molar-refractivity contribution in [1.29, 1.82) is 0 Å². The fourth-order valence-electron chi connectivity index (χ4n) is 3.13. The molecule has 8 heteroatoms. The van der Waals surface area contributed by atoms with E-state index in [9.17, 15) is 13.2 Å². The predicted molar refractivity (Wildman–Crippen MR) is 111 cm³/mol. The number of hydrogen-bond acceptors (Lipinski definition) is 5. The van der Waals surface area contributed by atoms with Gasteiger partial charge in [0.05, 0.1) is 25.2 Å². The van der Waals surface area contributed by atoms with Crippen molar-refractivity contribution in [2.45, 2.75) is 17.7 Å². The minimum atomic E-state index is -3.50. The van der Waals surface area contributed by atoms with Crippen molar-refractivity contribution in [2.24, 2.45) is 0 Å². The van der Waals surface area contributed by atoms with E-state index in [2.05, 4.69) is 0 Å². The summed E-state index contributed by atoms with van der Waals surface area (Å²) < 4.78 is 37.1. The Labute approximate surface area is 171 Å². The molecule has 3 rings (SSSR count). The molecule has 0 radical (unpaired) electrons. The van der Waals surface area contributed by atoms with E-state index in [4.69, 9.17) is 9.47 Å². The quantitative estimate of drug-likeness (QED) is 0.690. The Kier molecular flexibility index (Phi) is 6.89. The van der Waals surface area contributed by atoms with E-state index in [-0.39, 0.29) is 10.8 Å². The van der Waals surface area contributed by atoms with Crippen LogP contribution in [0.4, 0.5) is 5.69 Å². The highest BCUT2D eigenvalue weighted by molar-refractivity contribution is 7.89. The van der Waals surface area contributed by atoms with Gasteiger partial charge in [-0.05, 0) is 48.4 Å². The average molecular weight is 419 g/mol. The summed E-state index contributed by atoms with van der Waals surface area (Å²) in [5.41, 5.74) is 1.71. The van der Waals surface area contributed by atoms with Gasteiger partial charge in [-0.3, -0.25) is 4.79 Å². The first-order valence-corrected chi connectivity index (χ1v) is 10.9. The normalized spacial score (nSPS) is 15.1. The fourth-order valence-corrected chi connectivity index (χ4v) is 4.54. The number of amides is 1. The van der Waals surface area contributed by atoms with Crippen molar-refractivity contribution in [2.75, 3.05) is 45.4 Å². The summed E-state index contributed by atoms with van der Waals surface area (Å²) in [5.74, 6) is 0.724. The van der Waals surface area contributed by atoms with Gasteiger partial charge in [-0.15, -0.1) is 0 Å². The predicted octanol–water partition coefficient (Wildman–Crippen LogP) is 2.31. The zero-order valence-corrected chi connectivity index (χ0v) is 17.5. The van der Waals surface area contributed by atoms with Crippen LogP contribution in [0.25, 0.3) is 0 Å². The number of nitrogens with zero attached hydrogens (tertiary/aromatic N) is 2. The van der Waals surface area contributed by atoms with Crippen LogP contribution in [0.2, 0.25) is 0 Å². The number of ether oxygens (including phenoxy) is 2. The largest absolute Gasteiger partial charge is 0.497 e. The standard InChI is InChI=1S/C21H26N2O5S/c1-22(18-6-8-19(27-2)9-7-18)21(24)12-5-17-3-10-20(11-4-17)29(25,26)23-13-15-28-16-14-23/h3-4,6-11H,5,12-16H2,1-2H3. The lowest BCUT2D eigenvalue weighted by Crippen LogP contribution is -2.40. The Morgan fingerprint density at radius 2 is 1.69 bits per heavy atom. The number of carbonyl (C=O) groups excluding carboxylic acids is 1. The smallest absolute Gasteiger partial charge is 0.243 e. The number of morpholine rings is 1. The Morgan fingerprint density at radius 1 is 1.07 bits per heavy atom. The Balaban J connectivity index is 1.58. The average Bonchev–Trinajstić information content (AvgIpc) is 2.78. The molecule has 1 amide bonds. The molecule has 1 saturated heterocycles. The van der Waals surface area contributed by atoms with Crippen molar-refractivity contribution in [1.82, 2.24) is 4.31 Å². The second-order valence-corrected chi connectivity index (χ2v) is 8.75. The molecule has 0 aromatic heterocycles. The van der Waals surface area contributed by atoms with Crippen molar-refractivity contribution in [3.05, 3.63) is 54.1 Å². The molecule has 2 aromatic rings. The highest BCUT2D eigenvalue weighted by Gasteiger charge is 2.26. The maximum absolute atomic E-state index is 12.7. The molecule has 0 saturated carbocycles. The molecule has 1 aliphatic heterocycles. The third-order valence-corrected chi connectivity index (χ3v) is 6.91. The van der Waals surface area contributed by atoms with Crippen molar-refractivity contribution < 1.29 is 22.7 Å². The Hall–Kier alpha value is -2.42. The number of methoxy groups -OCH3 is 1. The van der Waals surface area contributed by atoms with E-state index in [1.807, 2.05) is 24.3 Å². The number of anilines is 1. The van der Waals surface area contributed by atoms with E-state index in [1.54, 1.807) is 43.3 Å². The number of hydrogen-bond donors (Lipinski definition) is 0. The van der Waals surface area contributed by atoms with E-state index >= 15 is 0 Å². The van der Waals surface area contributed by atoms with E-state index in [1.165, 1.54) is 4.31 Å². The highest BCUT2D eigenvalue weighted by atomic mass is 32.2. The van der Waals surface area contributed by atoms with Gasteiger partial charge < -0.3 is 14.4 Å². The van der Waals surface area contributed by atoms with Gasteiger partial charge in [0.25, 0.3) is 0 Å². The molecule has 0 N–H and O–H groups in total. The molecule has 156 valence electrons. The molecule has 1 heterocycles. The van der Waals surface area contributed by atoms with Gasteiger partial charge in [-0.1, -0.05) is 12.1 Å². The Bertz CT molecular complexity index is 921. The second kappa shape index (κ2) is 9.39. The van der Waals surface area contributed by atoms with Crippen molar-refractivity contribution >= 4 is 21.6 Å². The fraction of sp³-hybridized carbons (Fsp3) is 0.381. The van der Waals surface area contributed by atoms with E-state index in [0.717, 1.165) is 17.0 Å². The molecule has 0 aliphatic carbocycles. The second-order valence-electron chi connectivity index (χ2n) is 6.81. The third kappa shape index (κ3) is 5.14. The number of sulfonamides is 1. The van der Waals surface area contributed by atoms with Crippen LogP contribution in [0.15, 0.2) is 53.4 Å². The van der Waals surface area contributed by atoms with E-state index < -0.39 is 10.0 Å². The minimum absolute atomic E-state index is 0.0137.